The summed E-state index contributed by atoms with van der Waals surface area (Å²) in [6.45, 7) is 1.66. The molecule has 1 atom stereocenters. The summed E-state index contributed by atoms with van der Waals surface area (Å²) >= 11 is 1.54. The number of carbonyl (C=O) groups excluding carboxylic acids is 1. The van der Waals surface area contributed by atoms with Crippen molar-refractivity contribution in [1.82, 2.24) is 30.5 Å². The molecule has 1 aliphatic rings. The monoisotopic (exact) mass is 322 g/mol. The fourth-order valence-electron chi connectivity index (χ4n) is 2.51. The van der Waals surface area contributed by atoms with Gasteiger partial charge in [-0.3, -0.25) is 4.79 Å². The van der Waals surface area contributed by atoms with Crippen molar-refractivity contribution >= 4 is 17.2 Å². The number of nitrogens with one attached hydrogen (secondary N) is 1. The molecule has 8 nitrogen and oxygen atoms in total. The second-order valence-corrected chi connectivity index (χ2v) is 6.17. The largest absolute Gasteiger partial charge is 0.378 e. The summed E-state index contributed by atoms with van der Waals surface area (Å²) in [4.78, 5) is 16.7. The predicted molar refractivity (Wildman–Crippen MR) is 78.9 cm³/mol. The number of amides is 1. The van der Waals surface area contributed by atoms with E-state index >= 15 is 0 Å². The molecule has 3 rings (SSSR count). The van der Waals surface area contributed by atoms with Crippen molar-refractivity contribution in [1.29, 1.82) is 0 Å². The van der Waals surface area contributed by atoms with Crippen LogP contribution in [0.2, 0.25) is 0 Å². The van der Waals surface area contributed by atoms with E-state index in [1.54, 1.807) is 23.1 Å². The Morgan fingerprint density at radius 2 is 2.45 bits per heavy atom. The summed E-state index contributed by atoms with van der Waals surface area (Å²) in [7, 11) is 1.64. The van der Waals surface area contributed by atoms with E-state index < -0.39 is 0 Å². The second-order valence-electron chi connectivity index (χ2n) is 5.23. The van der Waals surface area contributed by atoms with Gasteiger partial charge >= 0.3 is 0 Å². The summed E-state index contributed by atoms with van der Waals surface area (Å²) in [5, 5.41) is 17.4. The Labute approximate surface area is 131 Å². The molecule has 2 aromatic heterocycles. The topological polar surface area (TPSA) is 94.8 Å². The summed E-state index contributed by atoms with van der Waals surface area (Å²) in [5.74, 6) is 0.916. The SMILES string of the molecule is COCc1nc(CNC(=O)[C@H]2CCc3nnnn3CC2)cs1. The molecule has 1 N–H and O–H groups in total. The zero-order valence-corrected chi connectivity index (χ0v) is 13.2. The number of carbonyl (C=O) groups is 1. The van der Waals surface area contributed by atoms with Crippen LogP contribution in [0.1, 0.15) is 29.4 Å². The molecular weight excluding hydrogens is 304 g/mol. The van der Waals surface area contributed by atoms with E-state index in [9.17, 15) is 4.79 Å². The highest BCUT2D eigenvalue weighted by Crippen LogP contribution is 2.18. The van der Waals surface area contributed by atoms with Crippen molar-refractivity contribution in [2.75, 3.05) is 7.11 Å². The first-order valence-corrected chi connectivity index (χ1v) is 8.09. The van der Waals surface area contributed by atoms with Crippen LogP contribution >= 0.6 is 11.3 Å². The fourth-order valence-corrected chi connectivity index (χ4v) is 3.27. The van der Waals surface area contributed by atoms with Crippen molar-refractivity contribution in [3.05, 3.63) is 21.9 Å². The van der Waals surface area contributed by atoms with E-state index in [1.807, 2.05) is 5.38 Å². The lowest BCUT2D eigenvalue weighted by Gasteiger charge is -2.13. The summed E-state index contributed by atoms with van der Waals surface area (Å²) in [6, 6.07) is 0. The molecule has 0 aliphatic carbocycles. The summed E-state index contributed by atoms with van der Waals surface area (Å²) in [6.07, 6.45) is 2.27. The van der Waals surface area contributed by atoms with Crippen molar-refractivity contribution in [2.45, 2.75) is 39.0 Å². The Morgan fingerprint density at radius 3 is 3.32 bits per heavy atom. The van der Waals surface area contributed by atoms with Gasteiger partial charge in [0.05, 0.1) is 18.8 Å². The molecule has 0 unspecified atom stereocenters. The zero-order chi connectivity index (χ0) is 15.4. The zero-order valence-electron chi connectivity index (χ0n) is 12.4. The maximum absolute atomic E-state index is 12.3. The number of rotatable bonds is 5. The van der Waals surface area contributed by atoms with Crippen LogP contribution in [0.4, 0.5) is 0 Å². The average molecular weight is 322 g/mol. The van der Waals surface area contributed by atoms with Gasteiger partial charge < -0.3 is 10.1 Å². The van der Waals surface area contributed by atoms with Crippen molar-refractivity contribution in [3.63, 3.8) is 0 Å². The van der Waals surface area contributed by atoms with E-state index in [-0.39, 0.29) is 11.8 Å². The molecule has 3 heterocycles. The second kappa shape index (κ2) is 6.93. The first kappa shape index (κ1) is 15.0. The van der Waals surface area contributed by atoms with E-state index in [4.69, 9.17) is 4.74 Å². The van der Waals surface area contributed by atoms with Crippen LogP contribution in [0.25, 0.3) is 0 Å². The maximum atomic E-state index is 12.3. The molecule has 0 saturated carbocycles. The van der Waals surface area contributed by atoms with Gasteiger partial charge in [0.25, 0.3) is 0 Å². The van der Waals surface area contributed by atoms with Crippen LogP contribution in [0.5, 0.6) is 0 Å². The molecule has 0 aromatic carbocycles. The third-order valence-electron chi connectivity index (χ3n) is 3.69. The Morgan fingerprint density at radius 1 is 1.55 bits per heavy atom. The molecule has 0 saturated heterocycles. The van der Waals surface area contributed by atoms with Crippen LogP contribution < -0.4 is 5.32 Å². The number of aromatic nitrogens is 5. The number of methoxy groups -OCH3 is 1. The number of thiazole rings is 1. The molecular formula is C13H18N6O2S. The standard InChI is InChI=1S/C13H18N6O2S/c1-21-7-12-15-10(8-22-12)6-14-13(20)9-2-3-11-16-17-18-19(11)5-4-9/h8-9H,2-7H2,1H3,(H,14,20)/t9-/m0/s1. The lowest BCUT2D eigenvalue weighted by atomic mass is 9.99. The molecule has 0 bridgehead atoms. The third kappa shape index (κ3) is 3.47. The Hall–Kier alpha value is -1.87. The Balaban J connectivity index is 1.50. The molecule has 9 heteroatoms. The van der Waals surface area contributed by atoms with Crippen LogP contribution in [0.15, 0.2) is 5.38 Å². The molecule has 22 heavy (non-hydrogen) atoms. The van der Waals surface area contributed by atoms with Crippen LogP contribution in [-0.4, -0.2) is 38.2 Å². The van der Waals surface area contributed by atoms with Gasteiger partial charge in [-0.1, -0.05) is 0 Å². The van der Waals surface area contributed by atoms with Crippen molar-refractivity contribution in [2.24, 2.45) is 5.92 Å². The van der Waals surface area contributed by atoms with Crippen LogP contribution in [0.3, 0.4) is 0 Å². The number of hydrogen-bond donors (Lipinski definition) is 1. The summed E-state index contributed by atoms with van der Waals surface area (Å²) < 4.78 is 6.82. The van der Waals surface area contributed by atoms with Crippen molar-refractivity contribution < 1.29 is 9.53 Å². The molecule has 2 aromatic rings. The summed E-state index contributed by atoms with van der Waals surface area (Å²) in [5.41, 5.74) is 0.873. The molecule has 0 radical (unpaired) electrons. The van der Waals surface area contributed by atoms with Gasteiger partial charge in [0.15, 0.2) is 5.82 Å². The highest BCUT2D eigenvalue weighted by Gasteiger charge is 2.23. The van der Waals surface area contributed by atoms with Gasteiger partial charge in [-0.25, -0.2) is 9.67 Å². The minimum Gasteiger partial charge on any atom is -0.378 e. The first-order valence-electron chi connectivity index (χ1n) is 7.21. The molecule has 0 spiro atoms. The normalized spacial score (nSPS) is 17.8. The third-order valence-corrected chi connectivity index (χ3v) is 4.56. The average Bonchev–Trinajstić information content (AvgIpc) is 3.11. The van der Waals surface area contributed by atoms with Gasteiger partial charge in [-0.15, -0.1) is 16.4 Å². The van der Waals surface area contributed by atoms with E-state index in [2.05, 4.69) is 25.8 Å². The van der Waals surface area contributed by atoms with E-state index in [1.165, 1.54) is 0 Å². The number of tetrazole rings is 1. The Kier molecular flexibility index (Phi) is 4.74. The van der Waals surface area contributed by atoms with Gasteiger partial charge in [-0.2, -0.15) is 0 Å². The highest BCUT2D eigenvalue weighted by atomic mass is 32.1. The Bertz CT molecular complexity index is 618. The number of aryl methyl sites for hydroxylation is 2. The number of fused-ring (bicyclic) bond motifs is 1. The van der Waals surface area contributed by atoms with Gasteiger partial charge in [0.1, 0.15) is 5.01 Å². The lowest BCUT2D eigenvalue weighted by Crippen LogP contribution is -2.30. The maximum Gasteiger partial charge on any atom is 0.223 e. The molecule has 118 valence electrons. The minimum absolute atomic E-state index is 0.0134. The first-order chi connectivity index (χ1) is 10.8. The van der Waals surface area contributed by atoms with Crippen LogP contribution in [-0.2, 0) is 35.6 Å². The molecule has 1 aliphatic heterocycles. The molecule has 1 amide bonds. The highest BCUT2D eigenvalue weighted by molar-refractivity contribution is 7.09. The number of nitrogens with zero attached hydrogens (tertiary/aromatic N) is 5. The van der Waals surface area contributed by atoms with E-state index in [0.29, 0.717) is 19.7 Å². The predicted octanol–water partition coefficient (Wildman–Crippen LogP) is 0.545. The molecule has 0 fully saturated rings. The number of ether oxygens (including phenoxy) is 1. The van der Waals surface area contributed by atoms with Gasteiger partial charge in [0.2, 0.25) is 5.91 Å². The fraction of sp³-hybridized carbons (Fsp3) is 0.615. The van der Waals surface area contributed by atoms with E-state index in [0.717, 1.165) is 35.8 Å². The minimum atomic E-state index is -0.0134. The number of hydrogen-bond acceptors (Lipinski definition) is 7. The van der Waals surface area contributed by atoms with Gasteiger partial charge in [0, 0.05) is 31.4 Å². The van der Waals surface area contributed by atoms with Gasteiger partial charge in [-0.05, 0) is 23.3 Å². The van der Waals surface area contributed by atoms with Crippen molar-refractivity contribution in [3.8, 4) is 0 Å². The lowest BCUT2D eigenvalue weighted by molar-refractivity contribution is -0.125. The smallest absolute Gasteiger partial charge is 0.223 e. The van der Waals surface area contributed by atoms with Crippen LogP contribution in [0, 0.1) is 5.92 Å². The quantitative estimate of drug-likeness (QED) is 0.863.